The molecule has 130 valence electrons. The fraction of sp³-hybridized carbons (Fsp3) is 0.625. The molecule has 1 aliphatic rings. The number of aliphatic carboxylic acids is 1. The minimum Gasteiger partial charge on any atom is -0.481 e. The van der Waals surface area contributed by atoms with E-state index in [4.69, 9.17) is 5.11 Å². The standard InChI is InChI=1S/C16H22N4O3S/c1-2-8-20-12-13(17-14(20)10-6-4-3-5-7-10)18-16(19-15(12)23)24-9-11(21)22/h10H,2-9H2,1H3,(H,21,22)(H,18,19,23). The van der Waals surface area contributed by atoms with Crippen LogP contribution < -0.4 is 5.56 Å². The predicted octanol–water partition coefficient (Wildman–Crippen LogP) is 2.75. The van der Waals surface area contributed by atoms with Gasteiger partial charge in [-0.1, -0.05) is 37.9 Å². The zero-order chi connectivity index (χ0) is 17.1. The zero-order valence-electron chi connectivity index (χ0n) is 13.7. The SMILES string of the molecule is CCCn1c(C2CCCCC2)nc2nc(SCC(=O)O)[nH]c(=O)c21. The molecule has 0 saturated heterocycles. The van der Waals surface area contributed by atoms with Crippen molar-refractivity contribution in [3.63, 3.8) is 0 Å². The molecular formula is C16H22N4O3S. The van der Waals surface area contributed by atoms with Crippen LogP contribution in [0.3, 0.4) is 0 Å². The van der Waals surface area contributed by atoms with E-state index in [1.807, 2.05) is 4.57 Å². The predicted molar refractivity (Wildman–Crippen MR) is 92.6 cm³/mol. The number of H-pyrrole nitrogens is 1. The lowest BCUT2D eigenvalue weighted by Gasteiger charge is -2.21. The summed E-state index contributed by atoms with van der Waals surface area (Å²) in [7, 11) is 0. The number of thioether (sulfide) groups is 1. The quantitative estimate of drug-likeness (QED) is 0.614. The fourth-order valence-electron chi connectivity index (χ4n) is 3.36. The molecule has 0 atom stereocenters. The van der Waals surface area contributed by atoms with Crippen molar-refractivity contribution in [2.24, 2.45) is 0 Å². The second-order valence-corrected chi connectivity index (χ2v) is 7.15. The number of aryl methyl sites for hydroxylation is 1. The van der Waals surface area contributed by atoms with Crippen molar-refractivity contribution in [2.45, 2.75) is 63.1 Å². The lowest BCUT2D eigenvalue weighted by Crippen LogP contribution is -2.17. The second-order valence-electron chi connectivity index (χ2n) is 6.18. The van der Waals surface area contributed by atoms with Gasteiger partial charge in [0.25, 0.3) is 5.56 Å². The van der Waals surface area contributed by atoms with E-state index in [0.717, 1.165) is 43.4 Å². The number of hydrogen-bond donors (Lipinski definition) is 2. The lowest BCUT2D eigenvalue weighted by molar-refractivity contribution is -0.133. The molecule has 0 amide bonds. The average Bonchev–Trinajstić information content (AvgIpc) is 2.93. The van der Waals surface area contributed by atoms with Crippen LogP contribution in [0.5, 0.6) is 0 Å². The second kappa shape index (κ2) is 7.38. The van der Waals surface area contributed by atoms with E-state index in [1.54, 1.807) is 0 Å². The Morgan fingerprint density at radius 3 is 2.75 bits per heavy atom. The summed E-state index contributed by atoms with van der Waals surface area (Å²) in [6, 6.07) is 0. The number of aromatic amines is 1. The van der Waals surface area contributed by atoms with Gasteiger partial charge in [0, 0.05) is 12.5 Å². The van der Waals surface area contributed by atoms with Crippen LogP contribution in [-0.2, 0) is 11.3 Å². The van der Waals surface area contributed by atoms with Crippen LogP contribution in [0.2, 0.25) is 0 Å². The van der Waals surface area contributed by atoms with Gasteiger partial charge >= 0.3 is 5.97 Å². The average molecular weight is 350 g/mol. The van der Waals surface area contributed by atoms with E-state index in [-0.39, 0.29) is 11.3 Å². The normalized spacial score (nSPS) is 15.9. The van der Waals surface area contributed by atoms with Crippen LogP contribution >= 0.6 is 11.8 Å². The molecule has 0 spiro atoms. The van der Waals surface area contributed by atoms with Crippen molar-refractivity contribution in [1.82, 2.24) is 19.5 Å². The minimum atomic E-state index is -0.942. The summed E-state index contributed by atoms with van der Waals surface area (Å²) in [4.78, 5) is 35.0. The van der Waals surface area contributed by atoms with Crippen molar-refractivity contribution in [3.8, 4) is 0 Å². The Bertz CT molecular complexity index is 792. The van der Waals surface area contributed by atoms with E-state index in [1.165, 1.54) is 19.3 Å². The number of nitrogens with zero attached hydrogens (tertiary/aromatic N) is 3. The van der Waals surface area contributed by atoms with Gasteiger partial charge in [-0.2, -0.15) is 0 Å². The van der Waals surface area contributed by atoms with Gasteiger partial charge < -0.3 is 9.67 Å². The van der Waals surface area contributed by atoms with Gasteiger partial charge in [-0.15, -0.1) is 0 Å². The molecule has 2 heterocycles. The Hall–Kier alpha value is -1.83. The number of carboxylic acid groups (broad SMARTS) is 1. The van der Waals surface area contributed by atoms with Gasteiger partial charge in [-0.25, -0.2) is 9.97 Å². The van der Waals surface area contributed by atoms with Gasteiger partial charge in [-0.05, 0) is 19.3 Å². The number of fused-ring (bicyclic) bond motifs is 1. The van der Waals surface area contributed by atoms with Crippen molar-refractivity contribution < 1.29 is 9.90 Å². The van der Waals surface area contributed by atoms with Gasteiger partial charge in [0.2, 0.25) is 0 Å². The van der Waals surface area contributed by atoms with E-state index in [9.17, 15) is 9.59 Å². The maximum absolute atomic E-state index is 12.5. The topological polar surface area (TPSA) is 101 Å². The van der Waals surface area contributed by atoms with Crippen molar-refractivity contribution in [3.05, 3.63) is 16.2 Å². The van der Waals surface area contributed by atoms with Crippen molar-refractivity contribution in [2.75, 3.05) is 5.75 Å². The first-order chi connectivity index (χ1) is 11.6. The van der Waals surface area contributed by atoms with Crippen LogP contribution in [0.4, 0.5) is 0 Å². The molecule has 0 bridgehead atoms. The highest BCUT2D eigenvalue weighted by Gasteiger charge is 2.24. The summed E-state index contributed by atoms with van der Waals surface area (Å²) < 4.78 is 2.02. The van der Waals surface area contributed by atoms with Crippen LogP contribution in [0.1, 0.15) is 57.2 Å². The minimum absolute atomic E-state index is 0.139. The first kappa shape index (κ1) is 17.0. The number of hydrogen-bond acceptors (Lipinski definition) is 5. The third-order valence-electron chi connectivity index (χ3n) is 4.37. The monoisotopic (exact) mass is 350 g/mol. The van der Waals surface area contributed by atoms with Crippen LogP contribution in [-0.4, -0.2) is 36.3 Å². The number of carboxylic acids is 1. The maximum atomic E-state index is 12.5. The van der Waals surface area contributed by atoms with Crippen LogP contribution in [0.25, 0.3) is 11.2 Å². The number of imidazole rings is 1. The molecule has 0 aliphatic heterocycles. The molecular weight excluding hydrogens is 328 g/mol. The van der Waals surface area contributed by atoms with Crippen molar-refractivity contribution >= 4 is 28.9 Å². The number of aromatic nitrogens is 4. The Morgan fingerprint density at radius 2 is 2.08 bits per heavy atom. The summed E-state index contributed by atoms with van der Waals surface area (Å²) in [5.41, 5.74) is 0.702. The molecule has 2 N–H and O–H groups in total. The number of rotatable bonds is 6. The molecule has 24 heavy (non-hydrogen) atoms. The molecule has 1 fully saturated rings. The molecule has 1 aliphatic carbocycles. The molecule has 0 unspecified atom stereocenters. The number of carbonyl (C=O) groups is 1. The summed E-state index contributed by atoms with van der Waals surface area (Å²) in [5, 5.41) is 9.10. The number of nitrogens with one attached hydrogen (secondary N) is 1. The summed E-state index contributed by atoms with van der Waals surface area (Å²) in [5.74, 6) is 0.265. The van der Waals surface area contributed by atoms with E-state index < -0.39 is 5.97 Å². The van der Waals surface area contributed by atoms with E-state index >= 15 is 0 Å². The molecule has 2 aromatic rings. The molecule has 2 aromatic heterocycles. The Morgan fingerprint density at radius 1 is 1.33 bits per heavy atom. The van der Waals surface area contributed by atoms with Crippen LogP contribution in [0.15, 0.2) is 9.95 Å². The summed E-state index contributed by atoms with van der Waals surface area (Å²) in [6.07, 6.45) is 6.78. The van der Waals surface area contributed by atoms with E-state index in [0.29, 0.717) is 22.2 Å². The summed E-state index contributed by atoms with van der Waals surface area (Å²) >= 11 is 1.01. The molecule has 8 heteroatoms. The van der Waals surface area contributed by atoms with Crippen LogP contribution in [0, 0.1) is 0 Å². The van der Waals surface area contributed by atoms with Gasteiger partial charge in [0.05, 0.1) is 5.75 Å². The molecule has 1 saturated carbocycles. The third-order valence-corrected chi connectivity index (χ3v) is 5.23. The van der Waals surface area contributed by atoms with Gasteiger partial charge in [0.1, 0.15) is 5.82 Å². The maximum Gasteiger partial charge on any atom is 0.313 e. The Balaban J connectivity index is 2.04. The van der Waals surface area contributed by atoms with Crippen molar-refractivity contribution in [1.29, 1.82) is 0 Å². The van der Waals surface area contributed by atoms with E-state index in [2.05, 4.69) is 21.9 Å². The molecule has 0 aromatic carbocycles. The first-order valence-electron chi connectivity index (χ1n) is 8.45. The largest absolute Gasteiger partial charge is 0.481 e. The lowest BCUT2D eigenvalue weighted by atomic mass is 9.88. The molecule has 3 rings (SSSR count). The first-order valence-corrected chi connectivity index (χ1v) is 9.43. The highest BCUT2D eigenvalue weighted by atomic mass is 32.2. The highest BCUT2D eigenvalue weighted by molar-refractivity contribution is 7.99. The Kier molecular flexibility index (Phi) is 5.23. The fourth-order valence-corrected chi connectivity index (χ4v) is 3.94. The molecule has 0 radical (unpaired) electrons. The Labute approximate surface area is 143 Å². The third kappa shape index (κ3) is 3.48. The highest BCUT2D eigenvalue weighted by Crippen LogP contribution is 2.33. The smallest absolute Gasteiger partial charge is 0.313 e. The zero-order valence-corrected chi connectivity index (χ0v) is 14.6. The van der Waals surface area contributed by atoms with Gasteiger partial charge in [-0.3, -0.25) is 14.6 Å². The molecule has 7 nitrogen and oxygen atoms in total. The summed E-state index contributed by atoms with van der Waals surface area (Å²) in [6.45, 7) is 2.82. The van der Waals surface area contributed by atoms with Gasteiger partial charge in [0.15, 0.2) is 16.3 Å².